The molecule has 0 aliphatic carbocycles. The maximum absolute atomic E-state index is 5.76. The maximum atomic E-state index is 5.76. The molecule has 1 unspecified atom stereocenters. The second-order valence-corrected chi connectivity index (χ2v) is 5.16. The number of nitrogens with zero attached hydrogens (tertiary/aromatic N) is 1. The van der Waals surface area contributed by atoms with Gasteiger partial charge in [0.15, 0.2) is 0 Å². The SMILES string of the molecule is CCOc1cc2c(cc1CNC)CC(C)N(C)C2. The summed E-state index contributed by atoms with van der Waals surface area (Å²) >= 11 is 0. The van der Waals surface area contributed by atoms with Crippen LogP contribution >= 0.6 is 0 Å². The number of hydrogen-bond donors (Lipinski definition) is 1. The summed E-state index contributed by atoms with van der Waals surface area (Å²) in [5, 5.41) is 3.22. The van der Waals surface area contributed by atoms with Crippen molar-refractivity contribution in [1.82, 2.24) is 10.2 Å². The predicted molar refractivity (Wildman–Crippen MR) is 75.0 cm³/mol. The zero-order chi connectivity index (χ0) is 13.1. The quantitative estimate of drug-likeness (QED) is 0.884. The third-order valence-electron chi connectivity index (χ3n) is 3.74. The van der Waals surface area contributed by atoms with E-state index in [2.05, 4.69) is 36.3 Å². The minimum Gasteiger partial charge on any atom is -0.494 e. The zero-order valence-electron chi connectivity index (χ0n) is 11.9. The molecule has 0 radical (unpaired) electrons. The summed E-state index contributed by atoms with van der Waals surface area (Å²) in [5.74, 6) is 1.04. The molecule has 1 aromatic carbocycles. The number of nitrogens with one attached hydrogen (secondary N) is 1. The number of hydrogen-bond acceptors (Lipinski definition) is 3. The van der Waals surface area contributed by atoms with E-state index in [4.69, 9.17) is 4.74 Å². The van der Waals surface area contributed by atoms with Crippen molar-refractivity contribution in [2.24, 2.45) is 0 Å². The van der Waals surface area contributed by atoms with E-state index in [0.717, 1.165) is 31.9 Å². The van der Waals surface area contributed by atoms with E-state index in [1.54, 1.807) is 0 Å². The van der Waals surface area contributed by atoms with Crippen LogP contribution in [0.1, 0.15) is 30.5 Å². The molecule has 1 aliphatic rings. The normalized spacial score (nSPS) is 19.7. The minimum atomic E-state index is 0.623. The van der Waals surface area contributed by atoms with E-state index in [1.807, 2.05) is 14.0 Å². The molecule has 1 atom stereocenters. The Hall–Kier alpha value is -1.06. The molecule has 3 heteroatoms. The lowest BCUT2D eigenvalue weighted by Gasteiger charge is -2.32. The average molecular weight is 248 g/mol. The lowest BCUT2D eigenvalue weighted by Crippen LogP contribution is -2.35. The van der Waals surface area contributed by atoms with E-state index in [9.17, 15) is 0 Å². The average Bonchev–Trinajstić information content (AvgIpc) is 2.33. The van der Waals surface area contributed by atoms with Crippen LogP contribution in [0, 0.1) is 0 Å². The summed E-state index contributed by atoms with van der Waals surface area (Å²) in [5.41, 5.74) is 4.17. The van der Waals surface area contributed by atoms with Gasteiger partial charge in [0.1, 0.15) is 5.75 Å². The lowest BCUT2D eigenvalue weighted by molar-refractivity contribution is 0.230. The zero-order valence-corrected chi connectivity index (χ0v) is 11.9. The molecule has 100 valence electrons. The van der Waals surface area contributed by atoms with Crippen molar-refractivity contribution in [1.29, 1.82) is 0 Å². The van der Waals surface area contributed by atoms with Crippen LogP contribution in [-0.2, 0) is 19.5 Å². The standard InChI is InChI=1S/C15H24N2O/c1-5-18-15-8-14-10-17(4)11(2)6-12(14)7-13(15)9-16-3/h7-8,11,16H,5-6,9-10H2,1-4H3. The summed E-state index contributed by atoms with van der Waals surface area (Å²) in [6.45, 7) is 6.94. The van der Waals surface area contributed by atoms with E-state index < -0.39 is 0 Å². The fourth-order valence-electron chi connectivity index (χ4n) is 2.57. The van der Waals surface area contributed by atoms with Gasteiger partial charge in [-0.05, 0) is 51.6 Å². The lowest BCUT2D eigenvalue weighted by atomic mass is 9.93. The number of ether oxygens (including phenoxy) is 1. The van der Waals surface area contributed by atoms with Crippen LogP contribution in [0.4, 0.5) is 0 Å². The third kappa shape index (κ3) is 2.68. The second kappa shape index (κ2) is 5.72. The molecule has 2 rings (SSSR count). The van der Waals surface area contributed by atoms with Crippen LogP contribution in [0.2, 0.25) is 0 Å². The van der Waals surface area contributed by atoms with Gasteiger partial charge in [0.2, 0.25) is 0 Å². The van der Waals surface area contributed by atoms with Crippen LogP contribution in [-0.4, -0.2) is 31.6 Å². The summed E-state index contributed by atoms with van der Waals surface area (Å²) in [7, 11) is 4.17. The number of fused-ring (bicyclic) bond motifs is 1. The van der Waals surface area contributed by atoms with Crippen LogP contribution in [0.25, 0.3) is 0 Å². The van der Waals surface area contributed by atoms with Crippen LogP contribution in [0.5, 0.6) is 5.75 Å². The molecule has 1 N–H and O–H groups in total. The number of benzene rings is 1. The molecule has 1 aromatic rings. The fraction of sp³-hybridized carbons (Fsp3) is 0.600. The molecule has 18 heavy (non-hydrogen) atoms. The molecule has 0 saturated carbocycles. The second-order valence-electron chi connectivity index (χ2n) is 5.16. The Labute approximate surface area is 110 Å². The van der Waals surface area contributed by atoms with Crippen LogP contribution < -0.4 is 10.1 Å². The highest BCUT2D eigenvalue weighted by Crippen LogP contribution is 2.29. The van der Waals surface area contributed by atoms with Gasteiger partial charge in [-0.25, -0.2) is 0 Å². The van der Waals surface area contributed by atoms with Crippen LogP contribution in [0.3, 0.4) is 0 Å². The third-order valence-corrected chi connectivity index (χ3v) is 3.74. The summed E-state index contributed by atoms with van der Waals surface area (Å²) in [6, 6.07) is 5.17. The molecular weight excluding hydrogens is 224 g/mol. The Morgan fingerprint density at radius 1 is 1.39 bits per heavy atom. The molecule has 1 aliphatic heterocycles. The smallest absolute Gasteiger partial charge is 0.124 e. The summed E-state index contributed by atoms with van der Waals surface area (Å²) < 4.78 is 5.76. The predicted octanol–water partition coefficient (Wildman–Crippen LogP) is 2.18. The Bertz CT molecular complexity index is 367. The van der Waals surface area contributed by atoms with Crippen molar-refractivity contribution in [3.63, 3.8) is 0 Å². The van der Waals surface area contributed by atoms with Crippen molar-refractivity contribution in [3.05, 3.63) is 28.8 Å². The van der Waals surface area contributed by atoms with Crippen LogP contribution in [0.15, 0.2) is 12.1 Å². The molecule has 0 aromatic heterocycles. The Morgan fingerprint density at radius 3 is 2.83 bits per heavy atom. The van der Waals surface area contributed by atoms with Gasteiger partial charge in [-0.15, -0.1) is 0 Å². The van der Waals surface area contributed by atoms with Crippen molar-refractivity contribution < 1.29 is 4.74 Å². The highest BCUT2D eigenvalue weighted by atomic mass is 16.5. The molecule has 1 heterocycles. The Kier molecular flexibility index (Phi) is 4.25. The molecular formula is C15H24N2O. The molecule has 3 nitrogen and oxygen atoms in total. The largest absolute Gasteiger partial charge is 0.494 e. The van der Waals surface area contributed by atoms with E-state index in [0.29, 0.717) is 6.04 Å². The summed E-state index contributed by atoms with van der Waals surface area (Å²) in [4.78, 5) is 2.40. The first kappa shape index (κ1) is 13.4. The molecule has 0 amide bonds. The van der Waals surface area contributed by atoms with Crippen molar-refractivity contribution in [3.8, 4) is 5.75 Å². The van der Waals surface area contributed by atoms with E-state index in [1.165, 1.54) is 16.7 Å². The minimum absolute atomic E-state index is 0.623. The molecule has 0 fully saturated rings. The number of rotatable bonds is 4. The summed E-state index contributed by atoms with van der Waals surface area (Å²) in [6.07, 6.45) is 1.13. The van der Waals surface area contributed by atoms with Gasteiger partial charge in [-0.3, -0.25) is 4.90 Å². The first-order valence-electron chi connectivity index (χ1n) is 6.78. The Balaban J connectivity index is 2.35. The van der Waals surface area contributed by atoms with Gasteiger partial charge in [0.05, 0.1) is 6.61 Å². The molecule has 0 spiro atoms. The van der Waals surface area contributed by atoms with Gasteiger partial charge in [0.25, 0.3) is 0 Å². The molecule has 0 bridgehead atoms. The van der Waals surface area contributed by atoms with Gasteiger partial charge >= 0.3 is 0 Å². The molecule has 0 saturated heterocycles. The van der Waals surface area contributed by atoms with Gasteiger partial charge in [-0.1, -0.05) is 6.07 Å². The van der Waals surface area contributed by atoms with Gasteiger partial charge in [0, 0.05) is 24.7 Å². The van der Waals surface area contributed by atoms with Crippen molar-refractivity contribution in [2.45, 2.75) is 39.4 Å². The van der Waals surface area contributed by atoms with Crippen molar-refractivity contribution >= 4 is 0 Å². The topological polar surface area (TPSA) is 24.5 Å². The fourth-order valence-corrected chi connectivity index (χ4v) is 2.57. The van der Waals surface area contributed by atoms with Gasteiger partial charge < -0.3 is 10.1 Å². The maximum Gasteiger partial charge on any atom is 0.124 e. The van der Waals surface area contributed by atoms with E-state index >= 15 is 0 Å². The highest BCUT2D eigenvalue weighted by molar-refractivity contribution is 5.44. The first-order valence-corrected chi connectivity index (χ1v) is 6.78. The number of likely N-dealkylation sites (N-methyl/N-ethyl adjacent to an activating group) is 1. The van der Waals surface area contributed by atoms with Gasteiger partial charge in [-0.2, -0.15) is 0 Å². The highest BCUT2D eigenvalue weighted by Gasteiger charge is 2.21. The monoisotopic (exact) mass is 248 g/mol. The Morgan fingerprint density at radius 2 is 2.17 bits per heavy atom. The van der Waals surface area contributed by atoms with E-state index in [-0.39, 0.29) is 0 Å². The van der Waals surface area contributed by atoms with Crippen molar-refractivity contribution in [2.75, 3.05) is 20.7 Å². The first-order chi connectivity index (χ1) is 8.65.